The molecule has 154 valence electrons. The molecule has 0 radical (unpaired) electrons. The van der Waals surface area contributed by atoms with E-state index in [0.29, 0.717) is 0 Å². The standard InChI is InChI=1S/C23H35N3O2/c1-7-28-22(5,6)23(11-10-20-24-13-15-27-20)12-14-26(17-23)21(3,4)19-9-8-18(2)25-16-19/h8-9,13,15-16H,7,10-12,14,17H2,1-6H3/t23-/m1/s1. The van der Waals surface area contributed by atoms with E-state index in [0.717, 1.165) is 50.5 Å². The molecule has 28 heavy (non-hydrogen) atoms. The minimum Gasteiger partial charge on any atom is -0.449 e. The van der Waals surface area contributed by atoms with E-state index < -0.39 is 0 Å². The fourth-order valence-corrected chi connectivity index (χ4v) is 4.59. The van der Waals surface area contributed by atoms with Gasteiger partial charge < -0.3 is 9.15 Å². The van der Waals surface area contributed by atoms with Crippen LogP contribution < -0.4 is 0 Å². The normalized spacial score (nSPS) is 21.4. The van der Waals surface area contributed by atoms with E-state index in [9.17, 15) is 0 Å². The zero-order valence-electron chi connectivity index (χ0n) is 18.3. The molecule has 0 aliphatic carbocycles. The van der Waals surface area contributed by atoms with Gasteiger partial charge in [0.15, 0.2) is 5.89 Å². The van der Waals surface area contributed by atoms with Crippen LogP contribution in [0.1, 0.15) is 64.6 Å². The predicted octanol–water partition coefficient (Wildman–Crippen LogP) is 4.75. The maximum absolute atomic E-state index is 6.28. The molecule has 0 aromatic carbocycles. The Morgan fingerprint density at radius 3 is 2.61 bits per heavy atom. The van der Waals surface area contributed by atoms with Gasteiger partial charge in [0, 0.05) is 42.4 Å². The minimum absolute atomic E-state index is 0.0485. The lowest BCUT2D eigenvalue weighted by Gasteiger charge is -2.45. The highest BCUT2D eigenvalue weighted by molar-refractivity contribution is 5.22. The molecule has 1 saturated heterocycles. The number of pyridine rings is 1. The summed E-state index contributed by atoms with van der Waals surface area (Å²) in [7, 11) is 0. The number of hydrogen-bond donors (Lipinski definition) is 0. The molecule has 2 aromatic heterocycles. The first kappa shape index (κ1) is 21.0. The summed E-state index contributed by atoms with van der Waals surface area (Å²) in [6.45, 7) is 16.0. The lowest BCUT2D eigenvalue weighted by molar-refractivity contribution is -0.110. The maximum Gasteiger partial charge on any atom is 0.193 e. The van der Waals surface area contributed by atoms with Gasteiger partial charge >= 0.3 is 0 Å². The molecule has 0 amide bonds. The van der Waals surface area contributed by atoms with Crippen LogP contribution in [0.25, 0.3) is 0 Å². The molecule has 3 heterocycles. The summed E-state index contributed by atoms with van der Waals surface area (Å²) < 4.78 is 11.8. The van der Waals surface area contributed by atoms with Gasteiger partial charge in [-0.3, -0.25) is 9.88 Å². The number of likely N-dealkylation sites (tertiary alicyclic amines) is 1. The average molecular weight is 386 g/mol. The second kappa shape index (κ2) is 7.96. The Balaban J connectivity index is 1.84. The van der Waals surface area contributed by atoms with Crippen LogP contribution in [0.5, 0.6) is 0 Å². The van der Waals surface area contributed by atoms with Gasteiger partial charge in [0.05, 0.1) is 11.8 Å². The summed E-state index contributed by atoms with van der Waals surface area (Å²) in [5, 5.41) is 0. The molecular formula is C23H35N3O2. The maximum atomic E-state index is 6.28. The average Bonchev–Trinajstić information content (AvgIpc) is 3.31. The summed E-state index contributed by atoms with van der Waals surface area (Å²) in [6.07, 6.45) is 8.34. The van der Waals surface area contributed by atoms with Crippen molar-refractivity contribution in [2.24, 2.45) is 5.41 Å². The van der Waals surface area contributed by atoms with Crippen molar-refractivity contribution in [3.05, 3.63) is 47.9 Å². The summed E-state index contributed by atoms with van der Waals surface area (Å²) in [5.41, 5.74) is 2.07. The first-order chi connectivity index (χ1) is 13.2. The van der Waals surface area contributed by atoms with Crippen molar-refractivity contribution < 1.29 is 9.15 Å². The fourth-order valence-electron chi connectivity index (χ4n) is 4.59. The monoisotopic (exact) mass is 385 g/mol. The van der Waals surface area contributed by atoms with E-state index >= 15 is 0 Å². The number of oxazole rings is 1. The topological polar surface area (TPSA) is 51.4 Å². The third-order valence-corrected chi connectivity index (χ3v) is 6.85. The van der Waals surface area contributed by atoms with Gasteiger partial charge in [0.1, 0.15) is 6.26 Å². The molecule has 5 heteroatoms. The molecule has 2 aromatic rings. The number of hydrogen-bond acceptors (Lipinski definition) is 5. The molecule has 1 aliphatic heterocycles. The number of rotatable bonds is 8. The van der Waals surface area contributed by atoms with Crippen molar-refractivity contribution in [3.8, 4) is 0 Å². The molecule has 1 atom stereocenters. The number of ether oxygens (including phenoxy) is 1. The molecule has 3 rings (SSSR count). The van der Waals surface area contributed by atoms with E-state index in [1.54, 1.807) is 12.5 Å². The van der Waals surface area contributed by atoms with Crippen LogP contribution in [0.15, 0.2) is 35.2 Å². The molecule has 0 bridgehead atoms. The van der Waals surface area contributed by atoms with E-state index in [-0.39, 0.29) is 16.6 Å². The summed E-state index contributed by atoms with van der Waals surface area (Å²) in [4.78, 5) is 11.5. The Morgan fingerprint density at radius 2 is 2.00 bits per heavy atom. The zero-order valence-corrected chi connectivity index (χ0v) is 18.3. The first-order valence-electron chi connectivity index (χ1n) is 10.4. The molecule has 1 fully saturated rings. The fraction of sp³-hybridized carbons (Fsp3) is 0.652. The van der Waals surface area contributed by atoms with Gasteiger partial charge in [-0.25, -0.2) is 4.98 Å². The van der Waals surface area contributed by atoms with Crippen LogP contribution in [0.2, 0.25) is 0 Å². The van der Waals surface area contributed by atoms with E-state index in [1.807, 2.05) is 13.1 Å². The Morgan fingerprint density at radius 1 is 1.21 bits per heavy atom. The first-order valence-corrected chi connectivity index (χ1v) is 10.4. The van der Waals surface area contributed by atoms with Gasteiger partial charge in [-0.2, -0.15) is 0 Å². The number of nitrogens with zero attached hydrogens (tertiary/aromatic N) is 3. The SMILES string of the molecule is CCOC(C)(C)[C@]1(CCc2ncco2)CCN(C(C)(C)c2ccc(C)nc2)C1. The van der Waals surface area contributed by atoms with Crippen LogP contribution in [-0.2, 0) is 16.7 Å². The second-order valence-corrected chi connectivity index (χ2v) is 9.07. The van der Waals surface area contributed by atoms with Crippen molar-refractivity contribution in [3.63, 3.8) is 0 Å². The van der Waals surface area contributed by atoms with Gasteiger partial charge in [-0.05, 0) is 72.6 Å². The highest BCUT2D eigenvalue weighted by atomic mass is 16.5. The van der Waals surface area contributed by atoms with Gasteiger partial charge in [-0.15, -0.1) is 0 Å². The Bertz CT molecular complexity index is 753. The molecule has 0 spiro atoms. The van der Waals surface area contributed by atoms with Gasteiger partial charge in [0.25, 0.3) is 0 Å². The summed E-state index contributed by atoms with van der Waals surface area (Å²) in [5.74, 6) is 0.812. The molecular weight excluding hydrogens is 350 g/mol. The third kappa shape index (κ3) is 4.01. The number of aryl methyl sites for hydroxylation is 2. The van der Waals surface area contributed by atoms with E-state index in [1.165, 1.54) is 5.56 Å². The Hall–Kier alpha value is -1.72. The van der Waals surface area contributed by atoms with Crippen LogP contribution in [0.4, 0.5) is 0 Å². The van der Waals surface area contributed by atoms with Crippen molar-refractivity contribution in [1.82, 2.24) is 14.9 Å². The van der Waals surface area contributed by atoms with Crippen molar-refractivity contribution >= 4 is 0 Å². The Kier molecular flexibility index (Phi) is 5.97. The van der Waals surface area contributed by atoms with Crippen LogP contribution in [-0.4, -0.2) is 40.2 Å². The predicted molar refractivity (Wildman–Crippen MR) is 111 cm³/mol. The molecule has 0 N–H and O–H groups in total. The zero-order chi connectivity index (χ0) is 20.4. The van der Waals surface area contributed by atoms with Crippen molar-refractivity contribution in [2.45, 2.75) is 71.9 Å². The smallest absolute Gasteiger partial charge is 0.193 e. The molecule has 1 aliphatic rings. The lowest BCUT2D eigenvalue weighted by Crippen LogP contribution is -2.50. The minimum atomic E-state index is -0.218. The van der Waals surface area contributed by atoms with Crippen LogP contribution >= 0.6 is 0 Å². The second-order valence-electron chi connectivity index (χ2n) is 9.07. The Labute approximate surface area is 169 Å². The molecule has 0 saturated carbocycles. The van der Waals surface area contributed by atoms with Crippen LogP contribution in [0, 0.1) is 12.3 Å². The van der Waals surface area contributed by atoms with Crippen molar-refractivity contribution in [2.75, 3.05) is 19.7 Å². The van der Waals surface area contributed by atoms with Crippen molar-refractivity contribution in [1.29, 1.82) is 0 Å². The highest BCUT2D eigenvalue weighted by Crippen LogP contribution is 2.49. The van der Waals surface area contributed by atoms with E-state index in [4.69, 9.17) is 9.15 Å². The third-order valence-electron chi connectivity index (χ3n) is 6.85. The summed E-state index contributed by atoms with van der Waals surface area (Å²) in [6, 6.07) is 4.32. The number of aromatic nitrogens is 2. The lowest BCUT2D eigenvalue weighted by atomic mass is 9.69. The quantitative estimate of drug-likeness (QED) is 0.656. The highest BCUT2D eigenvalue weighted by Gasteiger charge is 2.52. The molecule has 0 unspecified atom stereocenters. The van der Waals surface area contributed by atoms with Crippen LogP contribution in [0.3, 0.4) is 0 Å². The largest absolute Gasteiger partial charge is 0.449 e. The molecule has 5 nitrogen and oxygen atoms in total. The van der Waals surface area contributed by atoms with E-state index in [2.05, 4.69) is 61.6 Å². The van der Waals surface area contributed by atoms with Gasteiger partial charge in [-0.1, -0.05) is 6.07 Å². The van der Waals surface area contributed by atoms with Gasteiger partial charge in [0.2, 0.25) is 0 Å². The summed E-state index contributed by atoms with van der Waals surface area (Å²) >= 11 is 0.